The molecule has 0 bridgehead atoms. The molecule has 164 valence electrons. The topological polar surface area (TPSA) is 80.1 Å². The van der Waals surface area contributed by atoms with E-state index >= 15 is 0 Å². The molecule has 1 atom stereocenters. The molecule has 7 heteroatoms. The number of benzene rings is 1. The Morgan fingerprint density at radius 1 is 1.22 bits per heavy atom. The Hall–Kier alpha value is -3.48. The molecule has 2 amide bonds. The van der Waals surface area contributed by atoms with Crippen LogP contribution in [0.4, 0.5) is 5.69 Å². The highest BCUT2D eigenvalue weighted by atomic mass is 16.2. The molecule has 2 fully saturated rings. The summed E-state index contributed by atoms with van der Waals surface area (Å²) in [5.41, 5.74) is 3.88. The van der Waals surface area contributed by atoms with Gasteiger partial charge in [0.05, 0.1) is 11.6 Å². The molecule has 1 saturated carbocycles. The molecular weight excluding hydrogens is 402 g/mol. The summed E-state index contributed by atoms with van der Waals surface area (Å²) in [6.45, 7) is 3.17. The Bertz CT molecular complexity index is 1180. The molecule has 3 heterocycles. The van der Waals surface area contributed by atoms with Crippen LogP contribution in [0.2, 0.25) is 0 Å². The molecule has 5 rings (SSSR count). The number of carbonyl (C=O) groups is 2. The lowest BCUT2D eigenvalue weighted by Crippen LogP contribution is -2.34. The van der Waals surface area contributed by atoms with Gasteiger partial charge in [-0.15, -0.1) is 0 Å². The minimum absolute atomic E-state index is 0.171. The van der Waals surface area contributed by atoms with E-state index in [4.69, 9.17) is 0 Å². The number of anilines is 1. The van der Waals surface area contributed by atoms with Gasteiger partial charge in [0, 0.05) is 43.8 Å². The monoisotopic (exact) mass is 429 g/mol. The third-order valence-corrected chi connectivity index (χ3v) is 6.77. The summed E-state index contributed by atoms with van der Waals surface area (Å²) >= 11 is 0. The lowest BCUT2D eigenvalue weighted by atomic mass is 9.83. The molecule has 3 aromatic rings. The van der Waals surface area contributed by atoms with Gasteiger partial charge in [-0.2, -0.15) is 5.10 Å². The van der Waals surface area contributed by atoms with Gasteiger partial charge < -0.3 is 10.2 Å². The SMILES string of the molecule is Cn1cc(-c2cccc(CNC(=O)c3cc(N4CC[C@@](C)(C5CC5)C4=O)ccn3)c2)cn1. The first-order valence-corrected chi connectivity index (χ1v) is 11.1. The van der Waals surface area contributed by atoms with Crippen LogP contribution in [-0.2, 0) is 18.4 Å². The first-order chi connectivity index (χ1) is 15.4. The van der Waals surface area contributed by atoms with Crippen LogP contribution in [-0.4, -0.2) is 33.1 Å². The van der Waals surface area contributed by atoms with E-state index in [0.717, 1.165) is 41.6 Å². The van der Waals surface area contributed by atoms with Crippen LogP contribution in [0.25, 0.3) is 11.1 Å². The summed E-state index contributed by atoms with van der Waals surface area (Å²) in [7, 11) is 1.89. The van der Waals surface area contributed by atoms with Gasteiger partial charge in [0.2, 0.25) is 5.91 Å². The minimum Gasteiger partial charge on any atom is -0.347 e. The third kappa shape index (κ3) is 3.79. The molecule has 1 aliphatic heterocycles. The molecule has 1 N–H and O–H groups in total. The number of aromatic nitrogens is 3. The molecular formula is C25H27N5O2. The molecule has 7 nitrogen and oxygen atoms in total. The smallest absolute Gasteiger partial charge is 0.270 e. The van der Waals surface area contributed by atoms with Crippen LogP contribution in [0.1, 0.15) is 42.2 Å². The molecule has 0 radical (unpaired) electrons. The zero-order valence-corrected chi connectivity index (χ0v) is 18.4. The van der Waals surface area contributed by atoms with Crippen molar-refractivity contribution in [3.05, 3.63) is 66.2 Å². The predicted molar refractivity (Wildman–Crippen MR) is 122 cm³/mol. The average molecular weight is 430 g/mol. The minimum atomic E-state index is -0.259. The predicted octanol–water partition coefficient (Wildman–Crippen LogP) is 3.57. The van der Waals surface area contributed by atoms with Crippen molar-refractivity contribution in [3.8, 4) is 11.1 Å². The fourth-order valence-electron chi connectivity index (χ4n) is 4.62. The summed E-state index contributed by atoms with van der Waals surface area (Å²) in [4.78, 5) is 31.9. The number of hydrogen-bond donors (Lipinski definition) is 1. The van der Waals surface area contributed by atoms with Gasteiger partial charge in [-0.3, -0.25) is 19.3 Å². The summed E-state index contributed by atoms with van der Waals surface area (Å²) in [5, 5.41) is 7.16. The number of nitrogens with one attached hydrogen (secondary N) is 1. The van der Waals surface area contributed by atoms with E-state index < -0.39 is 0 Å². The highest BCUT2D eigenvalue weighted by Crippen LogP contribution is 2.51. The molecule has 2 aliphatic rings. The van der Waals surface area contributed by atoms with Crippen molar-refractivity contribution < 1.29 is 9.59 Å². The van der Waals surface area contributed by atoms with Crippen molar-refractivity contribution in [2.24, 2.45) is 18.4 Å². The quantitative estimate of drug-likeness (QED) is 0.650. The van der Waals surface area contributed by atoms with Gasteiger partial charge >= 0.3 is 0 Å². The van der Waals surface area contributed by atoms with Crippen LogP contribution in [0.5, 0.6) is 0 Å². The number of hydrogen-bond acceptors (Lipinski definition) is 4. The van der Waals surface area contributed by atoms with E-state index in [1.807, 2.05) is 54.7 Å². The number of nitrogens with zero attached hydrogens (tertiary/aromatic N) is 4. The van der Waals surface area contributed by atoms with E-state index in [2.05, 4.69) is 22.3 Å². The first kappa shape index (κ1) is 20.4. The number of rotatable bonds is 6. The Morgan fingerprint density at radius 3 is 2.81 bits per heavy atom. The summed E-state index contributed by atoms with van der Waals surface area (Å²) < 4.78 is 1.76. The Morgan fingerprint density at radius 2 is 2.06 bits per heavy atom. The highest BCUT2D eigenvalue weighted by molar-refractivity contribution is 6.01. The fraction of sp³-hybridized carbons (Fsp3) is 0.360. The van der Waals surface area contributed by atoms with Crippen molar-refractivity contribution in [2.75, 3.05) is 11.4 Å². The second-order valence-corrected chi connectivity index (χ2v) is 9.08. The number of carbonyl (C=O) groups excluding carboxylic acids is 2. The average Bonchev–Trinajstić information content (AvgIpc) is 3.51. The number of aryl methyl sites for hydroxylation is 1. The van der Waals surface area contributed by atoms with Crippen LogP contribution >= 0.6 is 0 Å². The molecule has 32 heavy (non-hydrogen) atoms. The molecule has 0 spiro atoms. The first-order valence-electron chi connectivity index (χ1n) is 11.1. The third-order valence-electron chi connectivity index (χ3n) is 6.77. The van der Waals surface area contributed by atoms with E-state index in [1.54, 1.807) is 16.9 Å². The van der Waals surface area contributed by atoms with Crippen molar-refractivity contribution in [1.82, 2.24) is 20.1 Å². The lowest BCUT2D eigenvalue weighted by Gasteiger charge is -2.23. The zero-order valence-electron chi connectivity index (χ0n) is 18.4. The second-order valence-electron chi connectivity index (χ2n) is 9.08. The van der Waals surface area contributed by atoms with Crippen LogP contribution in [0.15, 0.2) is 55.0 Å². The summed E-state index contributed by atoms with van der Waals surface area (Å²) in [6.07, 6.45) is 8.53. The molecule has 0 unspecified atom stereocenters. The second kappa shape index (κ2) is 7.89. The Balaban J connectivity index is 1.26. The van der Waals surface area contributed by atoms with Crippen molar-refractivity contribution in [1.29, 1.82) is 0 Å². The summed E-state index contributed by atoms with van der Waals surface area (Å²) in [5.74, 6) is 0.423. The highest BCUT2D eigenvalue weighted by Gasteiger charge is 2.52. The maximum Gasteiger partial charge on any atom is 0.270 e. The Kier molecular flexibility index (Phi) is 5.04. The van der Waals surface area contributed by atoms with Crippen LogP contribution < -0.4 is 10.2 Å². The number of amides is 2. The van der Waals surface area contributed by atoms with Gasteiger partial charge in [0.15, 0.2) is 0 Å². The van der Waals surface area contributed by atoms with Gasteiger partial charge in [0.1, 0.15) is 5.69 Å². The Labute approximate surface area is 187 Å². The van der Waals surface area contributed by atoms with Gasteiger partial charge in [0.25, 0.3) is 5.91 Å². The molecule has 1 aromatic carbocycles. The van der Waals surface area contributed by atoms with Gasteiger partial charge in [-0.05, 0) is 54.5 Å². The normalized spacial score (nSPS) is 20.6. The molecule has 1 saturated heterocycles. The van der Waals surface area contributed by atoms with E-state index in [1.165, 1.54) is 0 Å². The van der Waals surface area contributed by atoms with Gasteiger partial charge in [-0.25, -0.2) is 0 Å². The zero-order chi connectivity index (χ0) is 22.3. The standard InChI is InChI=1S/C25H27N5O2/c1-25(20-6-7-20)9-11-30(24(25)32)21-8-10-26-22(13-21)23(31)27-14-17-4-3-5-18(12-17)19-15-28-29(2)16-19/h3-5,8,10,12-13,15-16,20H,6-7,9,11,14H2,1-2H3,(H,27,31)/t25-/m0/s1. The maximum atomic E-state index is 13.1. The van der Waals surface area contributed by atoms with Crippen molar-refractivity contribution >= 4 is 17.5 Å². The van der Waals surface area contributed by atoms with Crippen molar-refractivity contribution in [2.45, 2.75) is 32.7 Å². The van der Waals surface area contributed by atoms with Gasteiger partial charge in [-0.1, -0.05) is 25.1 Å². The maximum absolute atomic E-state index is 13.1. The number of pyridine rings is 1. The van der Waals surface area contributed by atoms with E-state index in [9.17, 15) is 9.59 Å². The van der Waals surface area contributed by atoms with Crippen LogP contribution in [0, 0.1) is 11.3 Å². The molecule has 1 aliphatic carbocycles. The summed E-state index contributed by atoms with van der Waals surface area (Å²) in [6, 6.07) is 11.5. The lowest BCUT2D eigenvalue weighted by molar-refractivity contribution is -0.125. The van der Waals surface area contributed by atoms with E-state index in [-0.39, 0.29) is 17.2 Å². The molecule has 2 aromatic heterocycles. The van der Waals surface area contributed by atoms with Crippen LogP contribution in [0.3, 0.4) is 0 Å². The fourth-order valence-corrected chi connectivity index (χ4v) is 4.62. The van der Waals surface area contributed by atoms with E-state index in [0.29, 0.717) is 24.7 Å². The largest absolute Gasteiger partial charge is 0.347 e. The van der Waals surface area contributed by atoms with Crippen molar-refractivity contribution in [3.63, 3.8) is 0 Å².